The Labute approximate surface area is 158 Å². The van der Waals surface area contributed by atoms with Gasteiger partial charge in [0.05, 0.1) is 22.7 Å². The minimum atomic E-state index is -1.42. The zero-order valence-corrected chi connectivity index (χ0v) is 14.4. The van der Waals surface area contributed by atoms with Gasteiger partial charge in [-0.05, 0) is 31.0 Å². The van der Waals surface area contributed by atoms with Crippen LogP contribution in [0.1, 0.15) is 32.0 Å². The molecule has 0 radical (unpaired) electrons. The van der Waals surface area contributed by atoms with Crippen LogP contribution in [0.5, 0.6) is 0 Å². The van der Waals surface area contributed by atoms with Crippen molar-refractivity contribution in [2.24, 2.45) is 0 Å². The van der Waals surface area contributed by atoms with Gasteiger partial charge in [0.25, 0.3) is 5.91 Å². The van der Waals surface area contributed by atoms with Crippen LogP contribution in [0.2, 0.25) is 0 Å². The first kappa shape index (κ1) is 15.6. The van der Waals surface area contributed by atoms with Crippen LogP contribution < -0.4 is 61.8 Å². The average Bonchev–Trinajstić information content (AvgIpc) is 2.38. The van der Waals surface area contributed by atoms with Gasteiger partial charge in [0, 0.05) is 11.9 Å². The van der Waals surface area contributed by atoms with Gasteiger partial charge in [0.1, 0.15) is 0 Å². The maximum Gasteiger partial charge on any atom is 1.00 e. The van der Waals surface area contributed by atoms with Crippen LogP contribution in [0.4, 0.5) is 0 Å². The van der Waals surface area contributed by atoms with E-state index in [9.17, 15) is 14.7 Å². The number of carbonyl (C=O) groups excluding carboxylic acids is 2. The SMILES string of the molecule is Cc1ccc2nc(C(=O)[O-])c3c(c2c1)CCNC3=O.[K+]. The van der Waals surface area contributed by atoms with Gasteiger partial charge in [0.15, 0.2) is 0 Å². The van der Waals surface area contributed by atoms with Gasteiger partial charge in [-0.3, -0.25) is 4.79 Å². The van der Waals surface area contributed by atoms with E-state index in [1.165, 1.54) is 0 Å². The topological polar surface area (TPSA) is 82.1 Å². The standard InChI is InChI=1S/C14H12N2O3.K/c1-7-2-3-10-9(6-7)8-4-5-15-13(17)11(8)12(16-10)14(18)19;/h2-3,6H,4-5H2,1H3,(H,15,17)(H,18,19);/q;+1/p-1. The van der Waals surface area contributed by atoms with Crippen LogP contribution in [0.15, 0.2) is 18.2 Å². The Balaban J connectivity index is 0.00000147. The van der Waals surface area contributed by atoms with Crippen molar-refractivity contribution in [2.75, 3.05) is 6.54 Å². The van der Waals surface area contributed by atoms with Gasteiger partial charge in [-0.15, -0.1) is 0 Å². The fourth-order valence-electron chi connectivity index (χ4n) is 2.48. The quantitative estimate of drug-likeness (QED) is 0.576. The fourth-order valence-corrected chi connectivity index (χ4v) is 2.48. The molecule has 5 nitrogen and oxygen atoms in total. The van der Waals surface area contributed by atoms with E-state index in [1.54, 1.807) is 6.07 Å². The van der Waals surface area contributed by atoms with Gasteiger partial charge in [0.2, 0.25) is 0 Å². The summed E-state index contributed by atoms with van der Waals surface area (Å²) in [4.78, 5) is 27.1. The Hall–Kier alpha value is -0.794. The zero-order chi connectivity index (χ0) is 13.6. The Bertz CT molecular complexity index is 728. The summed E-state index contributed by atoms with van der Waals surface area (Å²) in [7, 11) is 0. The maximum absolute atomic E-state index is 11.9. The molecule has 1 aliphatic rings. The van der Waals surface area contributed by atoms with Crippen molar-refractivity contribution < 1.29 is 66.1 Å². The number of aromatic carboxylic acids is 1. The van der Waals surface area contributed by atoms with Crippen LogP contribution in [-0.2, 0) is 6.42 Å². The molecule has 0 saturated heterocycles. The number of aryl methyl sites for hydroxylation is 1. The molecule has 0 bridgehead atoms. The number of carboxylic acids is 1. The van der Waals surface area contributed by atoms with E-state index in [0.717, 1.165) is 16.5 Å². The van der Waals surface area contributed by atoms with Gasteiger partial charge >= 0.3 is 51.4 Å². The van der Waals surface area contributed by atoms with E-state index >= 15 is 0 Å². The molecule has 0 atom stereocenters. The molecular formula is C14H11KN2O3. The molecule has 1 amide bonds. The molecule has 0 fully saturated rings. The second kappa shape index (κ2) is 5.91. The molecule has 1 N–H and O–H groups in total. The minimum absolute atomic E-state index is 0. The summed E-state index contributed by atoms with van der Waals surface area (Å²) < 4.78 is 0. The molecule has 1 aromatic heterocycles. The van der Waals surface area contributed by atoms with Crippen molar-refractivity contribution in [1.82, 2.24) is 10.3 Å². The molecular weight excluding hydrogens is 283 g/mol. The van der Waals surface area contributed by atoms with Crippen LogP contribution in [0, 0.1) is 6.92 Å². The third-order valence-corrected chi connectivity index (χ3v) is 3.33. The summed E-state index contributed by atoms with van der Waals surface area (Å²) in [5.41, 5.74) is 2.24. The number of nitrogens with zero attached hydrogens (tertiary/aromatic N) is 1. The van der Waals surface area contributed by atoms with E-state index in [1.807, 2.05) is 19.1 Å². The molecule has 0 spiro atoms. The Morgan fingerprint density at radius 2 is 2.15 bits per heavy atom. The summed E-state index contributed by atoms with van der Waals surface area (Å²) in [5, 5.41) is 14.7. The number of rotatable bonds is 1. The molecule has 2 heterocycles. The van der Waals surface area contributed by atoms with Crippen LogP contribution in [-0.4, -0.2) is 23.4 Å². The Kier molecular flexibility index (Phi) is 4.61. The Morgan fingerprint density at radius 1 is 1.40 bits per heavy atom. The van der Waals surface area contributed by atoms with E-state index in [4.69, 9.17) is 0 Å². The minimum Gasteiger partial charge on any atom is -0.543 e. The first-order valence-electron chi connectivity index (χ1n) is 6.00. The summed E-state index contributed by atoms with van der Waals surface area (Å²) in [5.74, 6) is -1.81. The molecule has 2 aromatic rings. The number of carbonyl (C=O) groups is 2. The maximum atomic E-state index is 11.9. The van der Waals surface area contributed by atoms with Crippen molar-refractivity contribution in [3.63, 3.8) is 0 Å². The monoisotopic (exact) mass is 294 g/mol. The van der Waals surface area contributed by atoms with E-state index in [-0.39, 0.29) is 62.6 Å². The van der Waals surface area contributed by atoms with Gasteiger partial charge in [-0.1, -0.05) is 11.6 Å². The number of carboxylic acid groups (broad SMARTS) is 1. The van der Waals surface area contributed by atoms with E-state index in [0.29, 0.717) is 18.5 Å². The number of hydrogen-bond donors (Lipinski definition) is 1. The summed E-state index contributed by atoms with van der Waals surface area (Å²) in [6.45, 7) is 2.45. The first-order chi connectivity index (χ1) is 9.08. The van der Waals surface area contributed by atoms with Crippen LogP contribution >= 0.6 is 0 Å². The molecule has 20 heavy (non-hydrogen) atoms. The smallest absolute Gasteiger partial charge is 0.543 e. The second-order valence-electron chi connectivity index (χ2n) is 4.63. The molecule has 1 aliphatic heterocycles. The predicted octanol–water partition coefficient (Wildman–Crippen LogP) is -2.80. The molecule has 1 aromatic carbocycles. The number of hydrogen-bond acceptors (Lipinski definition) is 4. The third-order valence-electron chi connectivity index (χ3n) is 3.33. The van der Waals surface area contributed by atoms with Crippen LogP contribution in [0.25, 0.3) is 10.9 Å². The number of nitrogens with one attached hydrogen (secondary N) is 1. The molecule has 0 aliphatic carbocycles. The van der Waals surface area contributed by atoms with Crippen molar-refractivity contribution in [2.45, 2.75) is 13.3 Å². The molecule has 0 saturated carbocycles. The molecule has 96 valence electrons. The molecule has 6 heteroatoms. The molecule has 3 rings (SSSR count). The van der Waals surface area contributed by atoms with Crippen molar-refractivity contribution in [3.05, 3.63) is 40.6 Å². The van der Waals surface area contributed by atoms with Crippen molar-refractivity contribution in [1.29, 1.82) is 0 Å². The van der Waals surface area contributed by atoms with Crippen LogP contribution in [0.3, 0.4) is 0 Å². The zero-order valence-electron chi connectivity index (χ0n) is 11.3. The number of aromatic nitrogens is 1. The Morgan fingerprint density at radius 3 is 2.85 bits per heavy atom. The number of benzene rings is 1. The van der Waals surface area contributed by atoms with Gasteiger partial charge in [-0.25, -0.2) is 4.98 Å². The number of fused-ring (bicyclic) bond motifs is 3. The summed E-state index contributed by atoms with van der Waals surface area (Å²) in [6.07, 6.45) is 0.601. The number of pyridine rings is 1. The van der Waals surface area contributed by atoms with Gasteiger partial charge in [-0.2, -0.15) is 0 Å². The first-order valence-corrected chi connectivity index (χ1v) is 6.00. The summed E-state index contributed by atoms with van der Waals surface area (Å²) >= 11 is 0. The molecule has 0 unspecified atom stereocenters. The normalized spacial score (nSPS) is 13.3. The third kappa shape index (κ3) is 2.54. The average molecular weight is 294 g/mol. The summed E-state index contributed by atoms with van der Waals surface area (Å²) in [6, 6.07) is 5.56. The second-order valence-corrected chi connectivity index (χ2v) is 4.63. The fraction of sp³-hybridized carbons (Fsp3) is 0.214. The predicted molar refractivity (Wildman–Crippen MR) is 66.8 cm³/mol. The van der Waals surface area contributed by atoms with Gasteiger partial charge < -0.3 is 15.2 Å². The van der Waals surface area contributed by atoms with Crippen molar-refractivity contribution >= 4 is 22.8 Å². The van der Waals surface area contributed by atoms with Crippen molar-refractivity contribution in [3.8, 4) is 0 Å². The van der Waals surface area contributed by atoms with E-state index < -0.39 is 11.9 Å². The number of amides is 1. The van der Waals surface area contributed by atoms with E-state index in [2.05, 4.69) is 10.3 Å². The largest absolute Gasteiger partial charge is 1.00 e.